The standard InChI is InChI=1S/C19H28O3/c1-3-5-12-19(13-10-15(11-14-19)18(20)21)16-8-6-7-9-17(16)22-4-2/h6-9,15H,3-5,10-14H2,1-2H3,(H,20,21). The smallest absolute Gasteiger partial charge is 0.306 e. The summed E-state index contributed by atoms with van der Waals surface area (Å²) in [5, 5.41) is 9.27. The Morgan fingerprint density at radius 2 is 1.95 bits per heavy atom. The molecule has 0 atom stereocenters. The van der Waals surface area contributed by atoms with Gasteiger partial charge < -0.3 is 9.84 Å². The fourth-order valence-electron chi connectivity index (χ4n) is 3.77. The van der Waals surface area contributed by atoms with Crippen LogP contribution in [0, 0.1) is 5.92 Å². The predicted octanol–water partition coefficient (Wildman–Crippen LogP) is 4.79. The van der Waals surface area contributed by atoms with Crippen LogP contribution in [0.1, 0.15) is 64.4 Å². The lowest BCUT2D eigenvalue weighted by Gasteiger charge is -2.40. The number of hydrogen-bond donors (Lipinski definition) is 1. The normalized spacial score (nSPS) is 24.9. The summed E-state index contributed by atoms with van der Waals surface area (Å²) in [6, 6.07) is 8.33. The molecule has 0 unspecified atom stereocenters. The highest BCUT2D eigenvalue weighted by atomic mass is 16.5. The molecule has 1 aliphatic rings. The van der Waals surface area contributed by atoms with Gasteiger partial charge in [0.25, 0.3) is 0 Å². The van der Waals surface area contributed by atoms with Crippen molar-refractivity contribution in [3.8, 4) is 5.75 Å². The first-order chi connectivity index (χ1) is 10.6. The molecular formula is C19H28O3. The minimum atomic E-state index is -0.637. The maximum absolute atomic E-state index is 11.3. The van der Waals surface area contributed by atoms with Crippen LogP contribution in [0.2, 0.25) is 0 Å². The zero-order valence-electron chi connectivity index (χ0n) is 13.8. The Kier molecular flexibility index (Phi) is 5.87. The van der Waals surface area contributed by atoms with E-state index in [4.69, 9.17) is 4.74 Å². The van der Waals surface area contributed by atoms with E-state index in [-0.39, 0.29) is 11.3 Å². The van der Waals surface area contributed by atoms with Crippen LogP contribution >= 0.6 is 0 Å². The van der Waals surface area contributed by atoms with E-state index in [2.05, 4.69) is 25.1 Å². The molecule has 1 saturated carbocycles. The Balaban J connectivity index is 2.29. The van der Waals surface area contributed by atoms with Gasteiger partial charge in [0, 0.05) is 5.56 Å². The third-order valence-electron chi connectivity index (χ3n) is 5.06. The molecule has 1 aliphatic carbocycles. The second kappa shape index (κ2) is 7.66. The van der Waals surface area contributed by atoms with Crippen molar-refractivity contribution in [3.05, 3.63) is 29.8 Å². The Morgan fingerprint density at radius 3 is 2.55 bits per heavy atom. The molecule has 2 rings (SSSR count). The van der Waals surface area contributed by atoms with E-state index in [0.29, 0.717) is 6.61 Å². The fraction of sp³-hybridized carbons (Fsp3) is 0.632. The van der Waals surface area contributed by atoms with Gasteiger partial charge in [-0.05, 0) is 50.5 Å². The largest absolute Gasteiger partial charge is 0.494 e. The highest BCUT2D eigenvalue weighted by Crippen LogP contribution is 2.48. The lowest BCUT2D eigenvalue weighted by Crippen LogP contribution is -2.34. The first kappa shape index (κ1) is 16.9. The molecular weight excluding hydrogens is 276 g/mol. The molecule has 0 saturated heterocycles. The summed E-state index contributed by atoms with van der Waals surface area (Å²) < 4.78 is 5.85. The molecule has 0 radical (unpaired) electrons. The maximum atomic E-state index is 11.3. The van der Waals surface area contributed by atoms with Crippen LogP contribution in [-0.4, -0.2) is 17.7 Å². The molecule has 0 aromatic heterocycles. The summed E-state index contributed by atoms with van der Waals surface area (Å²) in [6.45, 7) is 4.89. The number of hydrogen-bond acceptors (Lipinski definition) is 2. The number of carboxylic acids is 1. The molecule has 122 valence electrons. The fourth-order valence-corrected chi connectivity index (χ4v) is 3.77. The summed E-state index contributed by atoms with van der Waals surface area (Å²) in [6.07, 6.45) is 6.93. The van der Waals surface area contributed by atoms with Crippen LogP contribution in [0.3, 0.4) is 0 Å². The van der Waals surface area contributed by atoms with Crippen molar-refractivity contribution in [2.75, 3.05) is 6.61 Å². The number of ether oxygens (including phenoxy) is 1. The zero-order chi connectivity index (χ0) is 16.0. The number of benzene rings is 1. The van der Waals surface area contributed by atoms with Gasteiger partial charge in [-0.2, -0.15) is 0 Å². The minimum Gasteiger partial charge on any atom is -0.494 e. The molecule has 0 amide bonds. The highest BCUT2D eigenvalue weighted by molar-refractivity contribution is 5.70. The highest BCUT2D eigenvalue weighted by Gasteiger charge is 2.39. The van der Waals surface area contributed by atoms with Crippen LogP contribution < -0.4 is 4.74 Å². The molecule has 0 bridgehead atoms. The zero-order valence-corrected chi connectivity index (χ0v) is 13.8. The van der Waals surface area contributed by atoms with Gasteiger partial charge in [0.2, 0.25) is 0 Å². The van der Waals surface area contributed by atoms with Gasteiger partial charge in [-0.25, -0.2) is 0 Å². The molecule has 3 heteroatoms. The number of carbonyl (C=O) groups is 1. The summed E-state index contributed by atoms with van der Waals surface area (Å²) in [5.41, 5.74) is 1.38. The first-order valence-corrected chi connectivity index (χ1v) is 8.58. The Morgan fingerprint density at radius 1 is 1.27 bits per heavy atom. The van der Waals surface area contributed by atoms with E-state index in [9.17, 15) is 9.90 Å². The number of unbranched alkanes of at least 4 members (excludes halogenated alkanes) is 1. The van der Waals surface area contributed by atoms with Crippen molar-refractivity contribution in [1.29, 1.82) is 0 Å². The Labute approximate surface area is 133 Å². The van der Waals surface area contributed by atoms with Crippen LogP contribution in [0.5, 0.6) is 5.75 Å². The van der Waals surface area contributed by atoms with Gasteiger partial charge in [0.15, 0.2) is 0 Å². The number of rotatable bonds is 7. The third kappa shape index (κ3) is 3.63. The average Bonchev–Trinajstić information content (AvgIpc) is 2.54. The van der Waals surface area contributed by atoms with Crippen molar-refractivity contribution in [3.63, 3.8) is 0 Å². The molecule has 0 spiro atoms. The van der Waals surface area contributed by atoms with Gasteiger partial charge in [-0.3, -0.25) is 4.79 Å². The molecule has 1 N–H and O–H groups in total. The van der Waals surface area contributed by atoms with Crippen molar-refractivity contribution < 1.29 is 14.6 Å². The minimum absolute atomic E-state index is 0.0910. The summed E-state index contributed by atoms with van der Waals surface area (Å²) in [5.74, 6) is 0.172. The van der Waals surface area contributed by atoms with Gasteiger partial charge in [-0.1, -0.05) is 38.0 Å². The molecule has 1 aromatic rings. The van der Waals surface area contributed by atoms with Crippen LogP contribution in [-0.2, 0) is 10.2 Å². The monoisotopic (exact) mass is 304 g/mol. The molecule has 0 heterocycles. The predicted molar refractivity (Wildman–Crippen MR) is 88.4 cm³/mol. The molecule has 22 heavy (non-hydrogen) atoms. The SMILES string of the molecule is CCCCC1(c2ccccc2OCC)CCC(C(=O)O)CC1. The van der Waals surface area contributed by atoms with E-state index >= 15 is 0 Å². The van der Waals surface area contributed by atoms with Crippen molar-refractivity contribution in [2.45, 2.75) is 64.2 Å². The number of para-hydroxylation sites is 1. The van der Waals surface area contributed by atoms with Gasteiger partial charge >= 0.3 is 5.97 Å². The second-order valence-electron chi connectivity index (χ2n) is 6.43. The van der Waals surface area contributed by atoms with E-state index < -0.39 is 5.97 Å². The van der Waals surface area contributed by atoms with Crippen molar-refractivity contribution >= 4 is 5.97 Å². The van der Waals surface area contributed by atoms with Crippen molar-refractivity contribution in [2.24, 2.45) is 5.92 Å². The lowest BCUT2D eigenvalue weighted by atomic mass is 9.64. The summed E-state index contributed by atoms with van der Waals surface area (Å²) in [4.78, 5) is 11.3. The Hall–Kier alpha value is -1.51. The van der Waals surface area contributed by atoms with E-state index in [1.165, 1.54) is 18.4 Å². The maximum Gasteiger partial charge on any atom is 0.306 e. The van der Waals surface area contributed by atoms with Crippen LogP contribution in [0.15, 0.2) is 24.3 Å². The molecule has 1 aromatic carbocycles. The molecule has 1 fully saturated rings. The number of aliphatic carboxylic acids is 1. The first-order valence-electron chi connectivity index (χ1n) is 8.58. The van der Waals surface area contributed by atoms with Crippen molar-refractivity contribution in [1.82, 2.24) is 0 Å². The van der Waals surface area contributed by atoms with Crippen LogP contribution in [0.4, 0.5) is 0 Å². The van der Waals surface area contributed by atoms with Gasteiger partial charge in [0.1, 0.15) is 5.75 Å². The second-order valence-corrected chi connectivity index (χ2v) is 6.43. The van der Waals surface area contributed by atoms with Gasteiger partial charge in [0.05, 0.1) is 12.5 Å². The quantitative estimate of drug-likeness (QED) is 0.788. The summed E-state index contributed by atoms with van der Waals surface area (Å²) >= 11 is 0. The van der Waals surface area contributed by atoms with E-state index in [1.54, 1.807) is 0 Å². The summed E-state index contributed by atoms with van der Waals surface area (Å²) in [7, 11) is 0. The number of carboxylic acid groups (broad SMARTS) is 1. The average molecular weight is 304 g/mol. The molecule has 0 aliphatic heterocycles. The van der Waals surface area contributed by atoms with Crippen LogP contribution in [0.25, 0.3) is 0 Å². The molecule has 3 nitrogen and oxygen atoms in total. The Bertz CT molecular complexity index is 487. The van der Waals surface area contributed by atoms with E-state index in [1.807, 2.05) is 13.0 Å². The topological polar surface area (TPSA) is 46.5 Å². The van der Waals surface area contributed by atoms with Gasteiger partial charge in [-0.15, -0.1) is 0 Å². The van der Waals surface area contributed by atoms with E-state index in [0.717, 1.165) is 37.9 Å². The third-order valence-corrected chi connectivity index (χ3v) is 5.06. The lowest BCUT2D eigenvalue weighted by molar-refractivity contribution is -0.143.